The molecule has 0 aromatic rings. The van der Waals surface area contributed by atoms with Crippen molar-refractivity contribution in [1.82, 2.24) is 15.1 Å². The van der Waals surface area contributed by atoms with Crippen LogP contribution in [0, 0.1) is 0 Å². The molecule has 2 fully saturated rings. The lowest BCUT2D eigenvalue weighted by Crippen LogP contribution is -2.48. The molecule has 0 radical (unpaired) electrons. The van der Waals surface area contributed by atoms with Gasteiger partial charge in [-0.3, -0.25) is 4.90 Å². The van der Waals surface area contributed by atoms with E-state index in [1.54, 1.807) is 0 Å². The molecule has 0 aromatic heterocycles. The third-order valence-corrected chi connectivity index (χ3v) is 4.36. The molecule has 1 saturated heterocycles. The van der Waals surface area contributed by atoms with Crippen molar-refractivity contribution in [2.45, 2.75) is 37.7 Å². The molecule has 1 aliphatic heterocycles. The molecule has 0 unspecified atom stereocenters. The van der Waals surface area contributed by atoms with Gasteiger partial charge in [0.05, 0.1) is 5.60 Å². The first kappa shape index (κ1) is 14.3. The molecule has 1 saturated carbocycles. The number of likely N-dealkylation sites (N-methyl/N-ethyl adjacent to an activating group) is 1. The van der Waals surface area contributed by atoms with Gasteiger partial charge in [-0.25, -0.2) is 0 Å². The highest BCUT2D eigenvalue weighted by Gasteiger charge is 2.30. The fraction of sp³-hybridized carbons (Fsp3) is 1.00. The minimum absolute atomic E-state index is 0.406. The summed E-state index contributed by atoms with van der Waals surface area (Å²) in [6.45, 7) is 7.62. The van der Waals surface area contributed by atoms with E-state index in [0.29, 0.717) is 0 Å². The van der Waals surface area contributed by atoms with Crippen LogP contribution in [0.15, 0.2) is 0 Å². The largest absolute Gasteiger partial charge is 0.389 e. The lowest BCUT2D eigenvalue weighted by molar-refractivity contribution is -0.0221. The van der Waals surface area contributed by atoms with Gasteiger partial charge in [-0.2, -0.15) is 0 Å². The quantitative estimate of drug-likeness (QED) is 0.751. The maximum atomic E-state index is 10.5. The van der Waals surface area contributed by atoms with Gasteiger partial charge in [0.25, 0.3) is 0 Å². The standard InChI is InChI=1S/C14H29N3O/c1-16(11-12-17-9-7-15-8-10-17)13-14(18)5-3-2-4-6-14/h15,18H,2-13H2,1H3. The topological polar surface area (TPSA) is 38.7 Å². The van der Waals surface area contributed by atoms with Gasteiger partial charge in [0.1, 0.15) is 0 Å². The van der Waals surface area contributed by atoms with Crippen LogP contribution >= 0.6 is 0 Å². The molecule has 1 aliphatic carbocycles. The smallest absolute Gasteiger partial charge is 0.0774 e. The third kappa shape index (κ3) is 4.50. The van der Waals surface area contributed by atoms with E-state index in [0.717, 1.165) is 58.7 Å². The second-order valence-electron chi connectivity index (χ2n) is 6.11. The second kappa shape index (κ2) is 6.85. The Morgan fingerprint density at radius 2 is 1.83 bits per heavy atom. The summed E-state index contributed by atoms with van der Waals surface area (Å²) in [6.07, 6.45) is 5.67. The number of aliphatic hydroxyl groups is 1. The highest BCUT2D eigenvalue weighted by atomic mass is 16.3. The molecule has 2 N–H and O–H groups in total. The van der Waals surface area contributed by atoms with Gasteiger partial charge in [-0.1, -0.05) is 19.3 Å². The maximum Gasteiger partial charge on any atom is 0.0774 e. The average Bonchev–Trinajstić information content (AvgIpc) is 2.38. The average molecular weight is 255 g/mol. The third-order valence-electron chi connectivity index (χ3n) is 4.36. The molecule has 0 amide bonds. The molecule has 2 aliphatic rings. The van der Waals surface area contributed by atoms with E-state index in [1.165, 1.54) is 19.3 Å². The number of piperazine rings is 1. The Morgan fingerprint density at radius 1 is 1.17 bits per heavy atom. The van der Waals surface area contributed by atoms with Crippen LogP contribution in [0.2, 0.25) is 0 Å². The highest BCUT2D eigenvalue weighted by Crippen LogP contribution is 2.28. The first-order valence-electron chi connectivity index (χ1n) is 7.52. The summed E-state index contributed by atoms with van der Waals surface area (Å²) >= 11 is 0. The zero-order valence-corrected chi connectivity index (χ0v) is 11.8. The van der Waals surface area contributed by atoms with Crippen molar-refractivity contribution < 1.29 is 5.11 Å². The molecular weight excluding hydrogens is 226 g/mol. The zero-order chi connectivity index (χ0) is 12.8. The van der Waals surface area contributed by atoms with Crippen molar-refractivity contribution in [3.8, 4) is 0 Å². The van der Waals surface area contributed by atoms with E-state index in [-0.39, 0.29) is 0 Å². The Kier molecular flexibility index (Phi) is 5.42. The summed E-state index contributed by atoms with van der Waals surface area (Å²) in [7, 11) is 2.15. The van der Waals surface area contributed by atoms with Crippen molar-refractivity contribution in [3.63, 3.8) is 0 Å². The molecule has 1 heterocycles. The van der Waals surface area contributed by atoms with E-state index < -0.39 is 5.60 Å². The van der Waals surface area contributed by atoms with Crippen LogP contribution in [-0.4, -0.2) is 73.4 Å². The van der Waals surface area contributed by atoms with E-state index in [1.807, 2.05) is 0 Å². The SMILES string of the molecule is CN(CCN1CCNCC1)CC1(O)CCCCC1. The number of nitrogens with zero attached hydrogens (tertiary/aromatic N) is 2. The molecular formula is C14H29N3O. The molecule has 0 bridgehead atoms. The van der Waals surface area contributed by atoms with E-state index in [4.69, 9.17) is 0 Å². The summed E-state index contributed by atoms with van der Waals surface area (Å²) in [4.78, 5) is 4.82. The highest BCUT2D eigenvalue weighted by molar-refractivity contribution is 4.85. The monoisotopic (exact) mass is 255 g/mol. The zero-order valence-electron chi connectivity index (χ0n) is 11.8. The van der Waals surface area contributed by atoms with Crippen molar-refractivity contribution in [2.24, 2.45) is 0 Å². The predicted molar refractivity (Wildman–Crippen MR) is 74.8 cm³/mol. The first-order chi connectivity index (χ1) is 8.68. The first-order valence-corrected chi connectivity index (χ1v) is 7.52. The second-order valence-corrected chi connectivity index (χ2v) is 6.11. The summed E-state index contributed by atoms with van der Waals surface area (Å²) in [5, 5.41) is 13.9. The van der Waals surface area contributed by atoms with Crippen LogP contribution in [0.25, 0.3) is 0 Å². The Morgan fingerprint density at radius 3 is 2.50 bits per heavy atom. The van der Waals surface area contributed by atoms with Gasteiger partial charge >= 0.3 is 0 Å². The molecule has 106 valence electrons. The Bertz CT molecular complexity index is 235. The lowest BCUT2D eigenvalue weighted by atomic mass is 9.84. The van der Waals surface area contributed by atoms with Gasteiger partial charge in [-0.15, -0.1) is 0 Å². The molecule has 4 heteroatoms. The fourth-order valence-corrected chi connectivity index (χ4v) is 3.20. The lowest BCUT2D eigenvalue weighted by Gasteiger charge is -2.36. The van der Waals surface area contributed by atoms with Gasteiger partial charge in [-0.05, 0) is 19.9 Å². The Labute approximate surface area is 111 Å². The fourth-order valence-electron chi connectivity index (χ4n) is 3.20. The molecule has 0 atom stereocenters. The van der Waals surface area contributed by atoms with E-state index >= 15 is 0 Å². The van der Waals surface area contributed by atoms with Crippen molar-refractivity contribution in [1.29, 1.82) is 0 Å². The maximum absolute atomic E-state index is 10.5. The van der Waals surface area contributed by atoms with Gasteiger partial charge in [0, 0.05) is 45.8 Å². The minimum Gasteiger partial charge on any atom is -0.389 e. The van der Waals surface area contributed by atoms with Crippen LogP contribution in [0.5, 0.6) is 0 Å². The van der Waals surface area contributed by atoms with Gasteiger partial charge in [0.15, 0.2) is 0 Å². The number of hydrogen-bond donors (Lipinski definition) is 2. The van der Waals surface area contributed by atoms with Crippen molar-refractivity contribution in [2.75, 3.05) is 52.9 Å². The van der Waals surface area contributed by atoms with Crippen LogP contribution in [0.1, 0.15) is 32.1 Å². The number of nitrogens with one attached hydrogen (secondary N) is 1. The summed E-state index contributed by atoms with van der Waals surface area (Å²) in [5.41, 5.74) is -0.406. The van der Waals surface area contributed by atoms with Crippen LogP contribution in [0.3, 0.4) is 0 Å². The van der Waals surface area contributed by atoms with Gasteiger partial charge in [0.2, 0.25) is 0 Å². The van der Waals surface area contributed by atoms with Crippen LogP contribution < -0.4 is 5.32 Å². The van der Waals surface area contributed by atoms with E-state index in [2.05, 4.69) is 22.2 Å². The molecule has 0 aromatic carbocycles. The molecule has 18 heavy (non-hydrogen) atoms. The molecule has 2 rings (SSSR count). The normalized spacial score (nSPS) is 25.5. The minimum atomic E-state index is -0.406. The number of hydrogen-bond acceptors (Lipinski definition) is 4. The van der Waals surface area contributed by atoms with Crippen molar-refractivity contribution in [3.05, 3.63) is 0 Å². The summed E-state index contributed by atoms with van der Waals surface area (Å²) in [5.74, 6) is 0. The molecule has 0 spiro atoms. The summed E-state index contributed by atoms with van der Waals surface area (Å²) in [6, 6.07) is 0. The number of rotatable bonds is 5. The van der Waals surface area contributed by atoms with Gasteiger partial charge < -0.3 is 15.3 Å². The summed E-state index contributed by atoms with van der Waals surface area (Å²) < 4.78 is 0. The van der Waals surface area contributed by atoms with Crippen LogP contribution in [0.4, 0.5) is 0 Å². The van der Waals surface area contributed by atoms with Crippen LogP contribution in [-0.2, 0) is 0 Å². The molecule has 4 nitrogen and oxygen atoms in total. The van der Waals surface area contributed by atoms with E-state index in [9.17, 15) is 5.11 Å². The predicted octanol–water partition coefficient (Wildman–Crippen LogP) is 0.519. The Balaban J connectivity index is 1.65. The Hall–Kier alpha value is -0.160. The van der Waals surface area contributed by atoms with Crippen molar-refractivity contribution >= 4 is 0 Å².